The predicted molar refractivity (Wildman–Crippen MR) is 28.3 cm³/mol. The normalized spacial score (nSPS) is 19.4. The summed E-state index contributed by atoms with van der Waals surface area (Å²) < 4.78 is 0. The van der Waals surface area contributed by atoms with E-state index < -0.39 is 0 Å². The van der Waals surface area contributed by atoms with E-state index in [0.717, 1.165) is 0 Å². The van der Waals surface area contributed by atoms with Gasteiger partial charge in [0.15, 0.2) is 0 Å². The van der Waals surface area contributed by atoms with E-state index in [9.17, 15) is 4.79 Å². The van der Waals surface area contributed by atoms with Crippen molar-refractivity contribution in [1.82, 2.24) is 5.32 Å². The average molecular weight is 113 g/mol. The van der Waals surface area contributed by atoms with Crippen LogP contribution in [-0.2, 0) is 4.79 Å². The van der Waals surface area contributed by atoms with E-state index in [1.807, 2.05) is 0 Å². The second-order valence-corrected chi connectivity index (χ2v) is 1.75. The number of aliphatic hydroxyl groups is 1. The summed E-state index contributed by atoms with van der Waals surface area (Å²) in [6, 6.07) is 0. The Morgan fingerprint density at radius 3 is 2.50 bits per heavy atom. The first-order valence-corrected chi connectivity index (χ1v) is 2.38. The molecule has 0 radical (unpaired) electrons. The van der Waals surface area contributed by atoms with E-state index in [0.29, 0.717) is 12.1 Å². The van der Waals surface area contributed by atoms with Gasteiger partial charge in [-0.3, -0.25) is 4.79 Å². The molecule has 0 saturated carbocycles. The number of carbonyl (C=O) groups is 1. The van der Waals surface area contributed by atoms with Crippen LogP contribution < -0.4 is 5.32 Å². The molecule has 0 unspecified atom stereocenters. The van der Waals surface area contributed by atoms with Gasteiger partial charge in [0, 0.05) is 0 Å². The Morgan fingerprint density at radius 1 is 1.75 bits per heavy atom. The van der Waals surface area contributed by atoms with Crippen molar-refractivity contribution in [2.75, 3.05) is 6.54 Å². The van der Waals surface area contributed by atoms with Gasteiger partial charge < -0.3 is 10.4 Å². The third-order valence-electron chi connectivity index (χ3n) is 1.19. The number of amides is 1. The standard InChI is InChI=1S/C5H7NO2/c1-3-4(7)2-6-5(3)8/h7H,2H2,1H3,(H,6,8). The molecule has 0 atom stereocenters. The van der Waals surface area contributed by atoms with E-state index in [2.05, 4.69) is 5.32 Å². The van der Waals surface area contributed by atoms with Crippen molar-refractivity contribution in [1.29, 1.82) is 0 Å². The minimum Gasteiger partial charge on any atom is -0.510 e. The molecule has 0 spiro atoms. The second kappa shape index (κ2) is 1.51. The molecule has 0 aromatic carbocycles. The molecule has 0 aliphatic carbocycles. The second-order valence-electron chi connectivity index (χ2n) is 1.75. The van der Waals surface area contributed by atoms with E-state index in [4.69, 9.17) is 5.11 Å². The Hall–Kier alpha value is -0.990. The van der Waals surface area contributed by atoms with Crippen LogP contribution in [0.5, 0.6) is 0 Å². The number of rotatable bonds is 0. The minimum atomic E-state index is -0.164. The van der Waals surface area contributed by atoms with Crippen molar-refractivity contribution in [3.63, 3.8) is 0 Å². The van der Waals surface area contributed by atoms with Gasteiger partial charge in [-0.15, -0.1) is 0 Å². The van der Waals surface area contributed by atoms with E-state index in [1.54, 1.807) is 6.92 Å². The fourth-order valence-corrected chi connectivity index (χ4v) is 0.560. The lowest BCUT2D eigenvalue weighted by Crippen LogP contribution is -2.16. The summed E-state index contributed by atoms with van der Waals surface area (Å²) in [7, 11) is 0. The van der Waals surface area contributed by atoms with Crippen molar-refractivity contribution in [3.8, 4) is 0 Å². The Bertz CT molecular complexity index is 160. The maximum Gasteiger partial charge on any atom is 0.250 e. The van der Waals surface area contributed by atoms with Gasteiger partial charge in [0.2, 0.25) is 0 Å². The van der Waals surface area contributed by atoms with Crippen LogP contribution in [0.15, 0.2) is 11.3 Å². The number of hydrogen-bond acceptors (Lipinski definition) is 2. The lowest BCUT2D eigenvalue weighted by molar-refractivity contribution is -0.116. The summed E-state index contributed by atoms with van der Waals surface area (Å²) in [5, 5.41) is 11.2. The Balaban J connectivity index is 2.86. The molecule has 0 aromatic rings. The lowest BCUT2D eigenvalue weighted by Gasteiger charge is -1.84. The molecule has 2 N–H and O–H groups in total. The fourth-order valence-electron chi connectivity index (χ4n) is 0.560. The Morgan fingerprint density at radius 2 is 2.38 bits per heavy atom. The summed E-state index contributed by atoms with van der Waals surface area (Å²) in [5.41, 5.74) is 0.435. The summed E-state index contributed by atoms with van der Waals surface area (Å²) in [6.07, 6.45) is 0. The molecule has 1 amide bonds. The molecular formula is C5H7NO2. The highest BCUT2D eigenvalue weighted by Crippen LogP contribution is 2.04. The van der Waals surface area contributed by atoms with Crippen molar-refractivity contribution >= 4 is 5.91 Å². The summed E-state index contributed by atoms with van der Waals surface area (Å²) >= 11 is 0. The maximum atomic E-state index is 10.5. The van der Waals surface area contributed by atoms with Crippen LogP contribution in [-0.4, -0.2) is 17.6 Å². The predicted octanol–water partition coefficient (Wildman–Crippen LogP) is -0.0518. The maximum absolute atomic E-state index is 10.5. The van der Waals surface area contributed by atoms with E-state index >= 15 is 0 Å². The van der Waals surface area contributed by atoms with Crippen LogP contribution in [0, 0.1) is 0 Å². The molecule has 0 bridgehead atoms. The van der Waals surface area contributed by atoms with Crippen molar-refractivity contribution in [2.45, 2.75) is 6.92 Å². The molecule has 0 fully saturated rings. The van der Waals surface area contributed by atoms with Crippen LogP contribution in [0.25, 0.3) is 0 Å². The van der Waals surface area contributed by atoms with E-state index in [-0.39, 0.29) is 11.7 Å². The number of nitrogens with one attached hydrogen (secondary N) is 1. The fraction of sp³-hybridized carbons (Fsp3) is 0.400. The lowest BCUT2D eigenvalue weighted by atomic mass is 10.3. The van der Waals surface area contributed by atoms with E-state index in [1.165, 1.54) is 0 Å². The van der Waals surface area contributed by atoms with Gasteiger partial charge in [0.05, 0.1) is 12.1 Å². The van der Waals surface area contributed by atoms with Gasteiger partial charge in [-0.2, -0.15) is 0 Å². The van der Waals surface area contributed by atoms with Crippen LogP contribution >= 0.6 is 0 Å². The minimum absolute atomic E-state index is 0.162. The molecule has 1 rings (SSSR count). The molecule has 0 aromatic heterocycles. The number of aliphatic hydroxyl groups excluding tert-OH is 1. The molecule has 0 saturated heterocycles. The van der Waals surface area contributed by atoms with Crippen molar-refractivity contribution < 1.29 is 9.90 Å². The molecule has 1 aliphatic rings. The van der Waals surface area contributed by atoms with Gasteiger partial charge in [-0.1, -0.05) is 0 Å². The Labute approximate surface area is 47.0 Å². The average Bonchev–Trinajstić information content (AvgIpc) is 1.98. The Kier molecular flexibility index (Phi) is 0.970. The van der Waals surface area contributed by atoms with Crippen LogP contribution in [0.3, 0.4) is 0 Å². The van der Waals surface area contributed by atoms with Crippen LogP contribution in [0.2, 0.25) is 0 Å². The first-order valence-electron chi connectivity index (χ1n) is 2.38. The van der Waals surface area contributed by atoms with Crippen molar-refractivity contribution in [3.05, 3.63) is 11.3 Å². The molecule has 3 nitrogen and oxygen atoms in total. The van der Waals surface area contributed by atoms with Gasteiger partial charge in [-0.25, -0.2) is 0 Å². The summed E-state index contributed by atoms with van der Waals surface area (Å²) in [6.45, 7) is 1.89. The zero-order chi connectivity index (χ0) is 6.15. The molecule has 8 heavy (non-hydrogen) atoms. The highest BCUT2D eigenvalue weighted by atomic mass is 16.3. The quantitative estimate of drug-likeness (QED) is 0.462. The van der Waals surface area contributed by atoms with Crippen LogP contribution in [0.4, 0.5) is 0 Å². The molecule has 44 valence electrons. The highest BCUT2D eigenvalue weighted by Gasteiger charge is 2.16. The van der Waals surface area contributed by atoms with Crippen molar-refractivity contribution in [2.24, 2.45) is 0 Å². The van der Waals surface area contributed by atoms with Crippen LogP contribution in [0.1, 0.15) is 6.92 Å². The first kappa shape index (κ1) is 5.15. The molecule has 1 heterocycles. The monoisotopic (exact) mass is 113 g/mol. The van der Waals surface area contributed by atoms with Gasteiger partial charge >= 0.3 is 0 Å². The molecule has 1 aliphatic heterocycles. The molecular weight excluding hydrogens is 106 g/mol. The zero-order valence-electron chi connectivity index (χ0n) is 4.56. The number of hydrogen-bond donors (Lipinski definition) is 2. The largest absolute Gasteiger partial charge is 0.510 e. The highest BCUT2D eigenvalue weighted by molar-refractivity contribution is 5.95. The zero-order valence-corrected chi connectivity index (χ0v) is 4.56. The third kappa shape index (κ3) is 0.559. The third-order valence-corrected chi connectivity index (χ3v) is 1.19. The smallest absolute Gasteiger partial charge is 0.250 e. The summed E-state index contributed by atoms with van der Waals surface area (Å²) in [4.78, 5) is 10.5. The summed E-state index contributed by atoms with van der Waals surface area (Å²) in [5.74, 6) is -0.00231. The molecule has 3 heteroatoms. The number of carbonyl (C=O) groups excluding carboxylic acids is 1. The van der Waals surface area contributed by atoms with Gasteiger partial charge in [0.25, 0.3) is 5.91 Å². The van der Waals surface area contributed by atoms with Gasteiger partial charge in [0.1, 0.15) is 5.76 Å². The topological polar surface area (TPSA) is 49.3 Å². The first-order chi connectivity index (χ1) is 3.72. The van der Waals surface area contributed by atoms with Gasteiger partial charge in [-0.05, 0) is 6.92 Å². The SMILES string of the molecule is CC1=C(O)CNC1=O.